The largest absolute Gasteiger partial charge is 1.00 e. The molecule has 0 unspecified atom stereocenters. The van der Waals surface area contributed by atoms with Gasteiger partial charge in [0.25, 0.3) is 0 Å². The van der Waals surface area contributed by atoms with E-state index in [1.165, 1.54) is 82.0 Å². The van der Waals surface area contributed by atoms with Crippen molar-refractivity contribution in [3.8, 4) is 0 Å². The predicted molar refractivity (Wildman–Crippen MR) is 65.8 cm³/mol. The van der Waals surface area contributed by atoms with E-state index < -0.39 is 0 Å². The van der Waals surface area contributed by atoms with Gasteiger partial charge in [-0.25, -0.2) is 0 Å². The molecule has 1 aliphatic heterocycles. The summed E-state index contributed by atoms with van der Waals surface area (Å²) >= 11 is 0. The summed E-state index contributed by atoms with van der Waals surface area (Å²) in [7, 11) is 0. The van der Waals surface area contributed by atoms with Crippen LogP contribution in [-0.2, 0) is 0 Å². The number of likely N-dealkylation sites (tertiary alicyclic amines) is 1. The van der Waals surface area contributed by atoms with E-state index in [9.17, 15) is 0 Å². The summed E-state index contributed by atoms with van der Waals surface area (Å²) in [4.78, 5) is 0. The van der Waals surface area contributed by atoms with Crippen LogP contribution < -0.4 is 24.0 Å². The highest BCUT2D eigenvalue weighted by molar-refractivity contribution is 4.67. The second kappa shape index (κ2) is 7.20. The molecule has 0 spiro atoms. The van der Waals surface area contributed by atoms with Gasteiger partial charge in [0.1, 0.15) is 0 Å². The van der Waals surface area contributed by atoms with Crippen molar-refractivity contribution in [3.63, 3.8) is 0 Å². The molecule has 0 N–H and O–H groups in total. The van der Waals surface area contributed by atoms with Crippen LogP contribution in [0.3, 0.4) is 0 Å². The second-order valence-electron chi connectivity index (χ2n) is 5.85. The molecule has 16 heavy (non-hydrogen) atoms. The molecule has 0 bridgehead atoms. The fourth-order valence-electron chi connectivity index (χ4n) is 3.73. The van der Waals surface area contributed by atoms with E-state index in [1.807, 2.05) is 0 Å². The molecule has 0 radical (unpaired) electrons. The molecule has 1 aliphatic carbocycles. The second-order valence-corrected chi connectivity index (χ2v) is 5.85. The number of rotatable bonds is 3. The lowest BCUT2D eigenvalue weighted by Crippen LogP contribution is -3.00. The van der Waals surface area contributed by atoms with Crippen molar-refractivity contribution >= 4 is 0 Å². The standard InChI is InChI=1S/C14H28N.HI/c1-2-15(11-7-4-8-12-15)13-14-9-5-3-6-10-14;/h14H,2-13H2,1H3;1H/q+1;/p-1. The zero-order chi connectivity index (χ0) is 10.6. The maximum Gasteiger partial charge on any atom is 0.0815 e. The number of halogens is 1. The van der Waals surface area contributed by atoms with Gasteiger partial charge in [0.2, 0.25) is 0 Å². The van der Waals surface area contributed by atoms with Crippen LogP contribution in [0.15, 0.2) is 0 Å². The molecule has 0 atom stereocenters. The normalized spacial score (nSPS) is 26.1. The highest BCUT2D eigenvalue weighted by Gasteiger charge is 2.31. The number of nitrogens with zero attached hydrogens (tertiary/aromatic N) is 1. The van der Waals surface area contributed by atoms with E-state index in [1.54, 1.807) is 0 Å². The zero-order valence-electron chi connectivity index (χ0n) is 10.9. The van der Waals surface area contributed by atoms with Crippen molar-refractivity contribution in [3.05, 3.63) is 0 Å². The molecule has 0 amide bonds. The first kappa shape index (κ1) is 14.7. The van der Waals surface area contributed by atoms with Crippen molar-refractivity contribution in [2.24, 2.45) is 5.92 Å². The molecule has 0 aromatic carbocycles. The minimum atomic E-state index is 0. The van der Waals surface area contributed by atoms with Crippen LogP contribution in [0.1, 0.15) is 58.3 Å². The van der Waals surface area contributed by atoms with Crippen molar-refractivity contribution in [2.45, 2.75) is 58.3 Å². The first-order chi connectivity index (χ1) is 7.35. The predicted octanol–water partition coefficient (Wildman–Crippen LogP) is 0.591. The molecule has 2 rings (SSSR count). The zero-order valence-corrected chi connectivity index (χ0v) is 13.0. The van der Waals surface area contributed by atoms with E-state index in [0.29, 0.717) is 0 Å². The smallest absolute Gasteiger partial charge is 0.0815 e. The lowest BCUT2D eigenvalue weighted by Gasteiger charge is -2.43. The number of quaternary nitrogens is 1. The topological polar surface area (TPSA) is 0 Å². The molecular weight excluding hydrogens is 309 g/mol. The molecule has 1 nitrogen and oxygen atoms in total. The van der Waals surface area contributed by atoms with Crippen LogP contribution in [0.5, 0.6) is 0 Å². The Kier molecular flexibility index (Phi) is 6.63. The quantitative estimate of drug-likeness (QED) is 0.522. The Hall–Kier alpha value is 0.690. The van der Waals surface area contributed by atoms with Crippen LogP contribution in [0, 0.1) is 5.92 Å². The fourth-order valence-corrected chi connectivity index (χ4v) is 3.73. The molecule has 1 heterocycles. The van der Waals surface area contributed by atoms with Crippen molar-refractivity contribution in [1.82, 2.24) is 0 Å². The van der Waals surface area contributed by atoms with Crippen LogP contribution >= 0.6 is 0 Å². The van der Waals surface area contributed by atoms with Crippen molar-refractivity contribution < 1.29 is 28.5 Å². The summed E-state index contributed by atoms with van der Waals surface area (Å²) in [5, 5.41) is 0. The lowest BCUT2D eigenvalue weighted by atomic mass is 9.87. The van der Waals surface area contributed by atoms with Gasteiger partial charge in [-0.3, -0.25) is 0 Å². The highest BCUT2D eigenvalue weighted by Crippen LogP contribution is 2.29. The Morgan fingerprint density at radius 1 is 0.875 bits per heavy atom. The lowest BCUT2D eigenvalue weighted by molar-refractivity contribution is -0.934. The van der Waals surface area contributed by atoms with Crippen LogP contribution in [0.25, 0.3) is 0 Å². The van der Waals surface area contributed by atoms with E-state index in [-0.39, 0.29) is 24.0 Å². The van der Waals surface area contributed by atoms with Crippen LogP contribution in [-0.4, -0.2) is 30.7 Å². The van der Waals surface area contributed by atoms with Gasteiger partial charge in [0.05, 0.1) is 26.2 Å². The van der Waals surface area contributed by atoms with Gasteiger partial charge in [0.15, 0.2) is 0 Å². The minimum Gasteiger partial charge on any atom is -1.00 e. The number of piperidine rings is 1. The van der Waals surface area contributed by atoms with E-state index in [0.717, 1.165) is 5.92 Å². The Morgan fingerprint density at radius 2 is 1.44 bits per heavy atom. The number of hydrogen-bond acceptors (Lipinski definition) is 0. The Morgan fingerprint density at radius 3 is 2.00 bits per heavy atom. The van der Waals surface area contributed by atoms with Crippen molar-refractivity contribution in [2.75, 3.05) is 26.2 Å². The third-order valence-electron chi connectivity index (χ3n) is 4.81. The van der Waals surface area contributed by atoms with Gasteiger partial charge in [-0.05, 0) is 39.0 Å². The maximum atomic E-state index is 2.41. The summed E-state index contributed by atoms with van der Waals surface area (Å²) < 4.78 is 1.46. The molecule has 96 valence electrons. The third kappa shape index (κ3) is 3.86. The summed E-state index contributed by atoms with van der Waals surface area (Å²) in [5.41, 5.74) is 0. The van der Waals surface area contributed by atoms with Gasteiger partial charge in [-0.2, -0.15) is 0 Å². The van der Waals surface area contributed by atoms with Crippen LogP contribution in [0.4, 0.5) is 0 Å². The molecule has 0 aromatic heterocycles. The molecule has 0 aromatic rings. The SMILES string of the molecule is CC[N+]1(CC2CCCCC2)CCCCC1.[I-]. The Balaban J connectivity index is 0.00000128. The average molecular weight is 337 g/mol. The highest BCUT2D eigenvalue weighted by atomic mass is 127. The van der Waals surface area contributed by atoms with Gasteiger partial charge < -0.3 is 28.5 Å². The molecule has 1 saturated carbocycles. The molecular formula is C14H28IN. The van der Waals surface area contributed by atoms with Crippen molar-refractivity contribution in [1.29, 1.82) is 0 Å². The van der Waals surface area contributed by atoms with Gasteiger partial charge >= 0.3 is 0 Å². The minimum absolute atomic E-state index is 0. The summed E-state index contributed by atoms with van der Waals surface area (Å²) in [6, 6.07) is 0. The summed E-state index contributed by atoms with van der Waals surface area (Å²) in [6.45, 7) is 8.27. The maximum absolute atomic E-state index is 2.41. The Labute approximate surface area is 119 Å². The van der Waals surface area contributed by atoms with Gasteiger partial charge in [0, 0.05) is 5.92 Å². The first-order valence-electron chi connectivity index (χ1n) is 7.20. The average Bonchev–Trinajstić information content (AvgIpc) is 2.32. The van der Waals surface area contributed by atoms with Crippen LogP contribution in [0.2, 0.25) is 0 Å². The van der Waals surface area contributed by atoms with Gasteiger partial charge in [-0.1, -0.05) is 19.3 Å². The third-order valence-corrected chi connectivity index (χ3v) is 4.81. The molecule has 2 aliphatic rings. The Bertz CT molecular complexity index is 181. The first-order valence-corrected chi connectivity index (χ1v) is 7.20. The summed E-state index contributed by atoms with van der Waals surface area (Å²) in [5.74, 6) is 1.07. The van der Waals surface area contributed by atoms with E-state index in [4.69, 9.17) is 0 Å². The van der Waals surface area contributed by atoms with E-state index >= 15 is 0 Å². The monoisotopic (exact) mass is 337 g/mol. The molecule has 2 fully saturated rings. The molecule has 1 saturated heterocycles. The number of hydrogen-bond donors (Lipinski definition) is 0. The molecule has 2 heteroatoms. The van der Waals surface area contributed by atoms with E-state index in [2.05, 4.69) is 6.92 Å². The summed E-state index contributed by atoms with van der Waals surface area (Å²) in [6.07, 6.45) is 12.0. The van der Waals surface area contributed by atoms with Gasteiger partial charge in [-0.15, -0.1) is 0 Å². The fraction of sp³-hybridized carbons (Fsp3) is 1.00.